The molecule has 0 aliphatic rings. The van der Waals surface area contributed by atoms with Crippen molar-refractivity contribution in [3.63, 3.8) is 0 Å². The number of pyridine rings is 1. The van der Waals surface area contributed by atoms with E-state index < -0.39 is 0 Å². The molecule has 0 aliphatic heterocycles. The van der Waals surface area contributed by atoms with E-state index in [1.807, 2.05) is 57.2 Å². The number of hydrogen-bond donors (Lipinski definition) is 3. The first kappa shape index (κ1) is 20.2. The van der Waals surface area contributed by atoms with E-state index in [1.165, 1.54) is 0 Å². The third kappa shape index (κ3) is 5.05. The molecule has 3 aromatic rings. The van der Waals surface area contributed by atoms with Crippen molar-refractivity contribution in [1.29, 1.82) is 0 Å². The summed E-state index contributed by atoms with van der Waals surface area (Å²) >= 11 is 3.49. The molecule has 0 saturated carbocycles. The van der Waals surface area contributed by atoms with Crippen LogP contribution in [-0.2, 0) is 0 Å². The zero-order valence-electron chi connectivity index (χ0n) is 16.1. The third-order valence-electron chi connectivity index (χ3n) is 4.47. The SMILES string of the molecule is Cc1cc(Br)ccc1Nc1cc(-c2ccncc2)nc(N[C@@H](CO)C(C)C)n1. The van der Waals surface area contributed by atoms with E-state index in [1.54, 1.807) is 12.4 Å². The minimum atomic E-state index is -0.130. The fourth-order valence-corrected chi connectivity index (χ4v) is 3.22. The Bertz CT molecular complexity index is 933. The lowest BCUT2D eigenvalue weighted by atomic mass is 10.1. The summed E-state index contributed by atoms with van der Waals surface area (Å²) in [4.78, 5) is 13.3. The molecule has 146 valence electrons. The van der Waals surface area contributed by atoms with Gasteiger partial charge in [0.05, 0.1) is 18.3 Å². The van der Waals surface area contributed by atoms with Crippen molar-refractivity contribution in [3.05, 3.63) is 58.8 Å². The van der Waals surface area contributed by atoms with Crippen molar-refractivity contribution in [2.45, 2.75) is 26.8 Å². The highest BCUT2D eigenvalue weighted by Crippen LogP contribution is 2.26. The third-order valence-corrected chi connectivity index (χ3v) is 4.96. The van der Waals surface area contributed by atoms with Gasteiger partial charge in [0.2, 0.25) is 5.95 Å². The van der Waals surface area contributed by atoms with Crippen LogP contribution >= 0.6 is 15.9 Å². The van der Waals surface area contributed by atoms with Crippen molar-refractivity contribution in [2.75, 3.05) is 17.2 Å². The van der Waals surface area contributed by atoms with Crippen LogP contribution in [0.4, 0.5) is 17.5 Å². The Balaban J connectivity index is 1.99. The summed E-state index contributed by atoms with van der Waals surface area (Å²) in [7, 11) is 0. The van der Waals surface area contributed by atoms with Gasteiger partial charge < -0.3 is 15.7 Å². The normalized spacial score (nSPS) is 12.1. The zero-order chi connectivity index (χ0) is 20.1. The van der Waals surface area contributed by atoms with Gasteiger partial charge in [-0.05, 0) is 48.7 Å². The number of anilines is 3. The Morgan fingerprint density at radius 3 is 2.46 bits per heavy atom. The van der Waals surface area contributed by atoms with Crippen LogP contribution in [0, 0.1) is 12.8 Å². The maximum atomic E-state index is 9.66. The number of nitrogens with zero attached hydrogens (tertiary/aromatic N) is 3. The van der Waals surface area contributed by atoms with E-state index in [4.69, 9.17) is 0 Å². The Hall–Kier alpha value is -2.51. The maximum Gasteiger partial charge on any atom is 0.225 e. The predicted octanol–water partition coefficient (Wildman–Crippen LogP) is 4.78. The van der Waals surface area contributed by atoms with Gasteiger partial charge in [0.15, 0.2) is 0 Å². The van der Waals surface area contributed by atoms with Crippen molar-refractivity contribution in [2.24, 2.45) is 5.92 Å². The molecule has 0 amide bonds. The van der Waals surface area contributed by atoms with E-state index in [0.717, 1.165) is 27.0 Å². The summed E-state index contributed by atoms with van der Waals surface area (Å²) in [6.45, 7) is 6.14. The highest BCUT2D eigenvalue weighted by molar-refractivity contribution is 9.10. The van der Waals surface area contributed by atoms with Crippen LogP contribution in [0.2, 0.25) is 0 Å². The van der Waals surface area contributed by atoms with Crippen molar-refractivity contribution in [3.8, 4) is 11.3 Å². The Morgan fingerprint density at radius 2 is 1.82 bits per heavy atom. The molecule has 2 heterocycles. The standard InChI is InChI=1S/C21H24BrN5O/c1-13(2)19(12-28)26-21-25-18(15-6-8-23-9-7-15)11-20(27-21)24-17-5-4-16(22)10-14(17)3/h4-11,13,19,28H,12H2,1-3H3,(H2,24,25,26,27)/t19-/m0/s1. The molecule has 0 aliphatic carbocycles. The molecular formula is C21H24BrN5O. The van der Waals surface area contributed by atoms with Crippen LogP contribution in [0.3, 0.4) is 0 Å². The van der Waals surface area contributed by atoms with Gasteiger partial charge in [-0.2, -0.15) is 4.98 Å². The highest BCUT2D eigenvalue weighted by Gasteiger charge is 2.15. The minimum absolute atomic E-state index is 0.00902. The average molecular weight is 442 g/mol. The molecule has 0 radical (unpaired) electrons. The largest absolute Gasteiger partial charge is 0.394 e. The van der Waals surface area contributed by atoms with E-state index >= 15 is 0 Å². The molecule has 2 aromatic heterocycles. The fourth-order valence-electron chi connectivity index (χ4n) is 2.74. The highest BCUT2D eigenvalue weighted by atomic mass is 79.9. The van der Waals surface area contributed by atoms with E-state index in [9.17, 15) is 5.11 Å². The molecule has 28 heavy (non-hydrogen) atoms. The van der Waals surface area contributed by atoms with Gasteiger partial charge in [-0.15, -0.1) is 0 Å². The summed E-state index contributed by atoms with van der Waals surface area (Å²) in [5.74, 6) is 1.39. The first-order chi connectivity index (χ1) is 13.5. The van der Waals surface area contributed by atoms with Gasteiger partial charge in [0, 0.05) is 34.2 Å². The zero-order valence-corrected chi connectivity index (χ0v) is 17.7. The number of aromatic nitrogens is 3. The minimum Gasteiger partial charge on any atom is -0.394 e. The monoisotopic (exact) mass is 441 g/mol. The number of benzene rings is 1. The number of aliphatic hydroxyl groups is 1. The summed E-state index contributed by atoms with van der Waals surface area (Å²) in [6.07, 6.45) is 3.47. The lowest BCUT2D eigenvalue weighted by molar-refractivity contribution is 0.248. The summed E-state index contributed by atoms with van der Waals surface area (Å²) in [5.41, 5.74) is 3.79. The Labute approximate surface area is 173 Å². The maximum absolute atomic E-state index is 9.66. The summed E-state index contributed by atoms with van der Waals surface area (Å²) < 4.78 is 1.03. The Kier molecular flexibility index (Phi) is 6.59. The second kappa shape index (κ2) is 9.12. The summed E-state index contributed by atoms with van der Waals surface area (Å²) in [5, 5.41) is 16.3. The predicted molar refractivity (Wildman–Crippen MR) is 117 cm³/mol. The first-order valence-electron chi connectivity index (χ1n) is 9.16. The lowest BCUT2D eigenvalue weighted by Crippen LogP contribution is -2.30. The van der Waals surface area contributed by atoms with Crippen molar-refractivity contribution in [1.82, 2.24) is 15.0 Å². The van der Waals surface area contributed by atoms with Gasteiger partial charge in [-0.25, -0.2) is 4.98 Å². The second-order valence-electron chi connectivity index (χ2n) is 6.96. The molecule has 0 fully saturated rings. The first-order valence-corrected chi connectivity index (χ1v) is 9.95. The molecular weight excluding hydrogens is 418 g/mol. The second-order valence-corrected chi connectivity index (χ2v) is 7.88. The van der Waals surface area contributed by atoms with E-state index in [0.29, 0.717) is 11.8 Å². The molecule has 7 heteroatoms. The number of aryl methyl sites for hydroxylation is 1. The molecule has 0 spiro atoms. The van der Waals surface area contributed by atoms with Gasteiger partial charge in [-0.3, -0.25) is 4.98 Å². The number of rotatable bonds is 7. The number of aliphatic hydroxyl groups excluding tert-OH is 1. The van der Waals surface area contributed by atoms with E-state index in [-0.39, 0.29) is 18.6 Å². The molecule has 1 atom stereocenters. The fraction of sp³-hybridized carbons (Fsp3) is 0.286. The molecule has 1 aromatic carbocycles. The van der Waals surface area contributed by atoms with Crippen LogP contribution in [0.15, 0.2) is 53.3 Å². The number of nitrogens with one attached hydrogen (secondary N) is 2. The van der Waals surface area contributed by atoms with Crippen molar-refractivity contribution < 1.29 is 5.11 Å². The lowest BCUT2D eigenvalue weighted by Gasteiger charge is -2.21. The number of halogens is 1. The molecule has 0 unspecified atom stereocenters. The number of hydrogen-bond acceptors (Lipinski definition) is 6. The molecule has 0 bridgehead atoms. The quantitative estimate of drug-likeness (QED) is 0.489. The molecule has 6 nitrogen and oxygen atoms in total. The van der Waals surface area contributed by atoms with Crippen LogP contribution < -0.4 is 10.6 Å². The average Bonchev–Trinajstić information content (AvgIpc) is 2.68. The van der Waals surface area contributed by atoms with Gasteiger partial charge in [0.1, 0.15) is 5.82 Å². The molecule has 3 N–H and O–H groups in total. The Morgan fingerprint density at radius 1 is 1.07 bits per heavy atom. The smallest absolute Gasteiger partial charge is 0.225 e. The topological polar surface area (TPSA) is 83.0 Å². The van der Waals surface area contributed by atoms with E-state index in [2.05, 4.69) is 41.5 Å². The van der Waals surface area contributed by atoms with Crippen molar-refractivity contribution >= 4 is 33.4 Å². The van der Waals surface area contributed by atoms with Crippen LogP contribution in [0.5, 0.6) is 0 Å². The molecule has 3 rings (SSSR count). The molecule has 0 saturated heterocycles. The van der Waals surface area contributed by atoms with Crippen LogP contribution in [-0.4, -0.2) is 32.7 Å². The summed E-state index contributed by atoms with van der Waals surface area (Å²) in [6, 6.07) is 11.6. The van der Waals surface area contributed by atoms with Gasteiger partial charge in [-0.1, -0.05) is 29.8 Å². The van der Waals surface area contributed by atoms with Gasteiger partial charge >= 0.3 is 0 Å². The van der Waals surface area contributed by atoms with Crippen LogP contribution in [0.25, 0.3) is 11.3 Å². The van der Waals surface area contributed by atoms with Crippen LogP contribution in [0.1, 0.15) is 19.4 Å². The van der Waals surface area contributed by atoms with Gasteiger partial charge in [0.25, 0.3) is 0 Å².